The standard InChI is InChI=1S/C23H14BrF4N3/c24-15-2-7-18-19(12-29-20(18)10-15)22(23(26,27)28)13-1-8-21-14(9-13)11-30-31(21)17-5-3-16(25)4-6-17/h1-12,22,29H. The molecule has 0 bridgehead atoms. The van der Waals surface area contributed by atoms with Gasteiger partial charge in [0.1, 0.15) is 11.7 Å². The summed E-state index contributed by atoms with van der Waals surface area (Å²) in [6, 6.07) is 15.5. The maximum Gasteiger partial charge on any atom is 0.399 e. The SMILES string of the molecule is Fc1ccc(-n2ncc3cc(C(c4c[nH]c5cc(Br)ccc45)C(F)(F)F)ccc32)cc1. The Bertz CT molecular complexity index is 1400. The molecule has 1 atom stereocenters. The second-order valence-electron chi connectivity index (χ2n) is 7.26. The quantitative estimate of drug-likeness (QED) is 0.270. The number of rotatable bonds is 3. The molecule has 0 radical (unpaired) electrons. The van der Waals surface area contributed by atoms with Crippen LogP contribution in [0.1, 0.15) is 17.0 Å². The van der Waals surface area contributed by atoms with Crippen LogP contribution >= 0.6 is 15.9 Å². The summed E-state index contributed by atoms with van der Waals surface area (Å²) >= 11 is 3.34. The van der Waals surface area contributed by atoms with E-state index in [1.165, 1.54) is 36.7 Å². The van der Waals surface area contributed by atoms with E-state index in [1.807, 2.05) is 0 Å². The summed E-state index contributed by atoms with van der Waals surface area (Å²) in [6.07, 6.45) is -1.55. The van der Waals surface area contributed by atoms with Crippen molar-refractivity contribution in [2.75, 3.05) is 0 Å². The van der Waals surface area contributed by atoms with Crippen molar-refractivity contribution in [3.05, 3.63) is 94.5 Å². The van der Waals surface area contributed by atoms with Gasteiger partial charge in [-0.3, -0.25) is 0 Å². The van der Waals surface area contributed by atoms with Crippen molar-refractivity contribution >= 4 is 37.7 Å². The van der Waals surface area contributed by atoms with Gasteiger partial charge in [0.15, 0.2) is 0 Å². The molecule has 0 aliphatic carbocycles. The third-order valence-corrected chi connectivity index (χ3v) is 5.80. The summed E-state index contributed by atoms with van der Waals surface area (Å²) in [7, 11) is 0. The molecule has 0 aliphatic rings. The lowest BCUT2D eigenvalue weighted by atomic mass is 9.90. The minimum Gasteiger partial charge on any atom is -0.361 e. The molecule has 5 aromatic rings. The van der Waals surface area contributed by atoms with Crippen LogP contribution in [0.5, 0.6) is 0 Å². The third kappa shape index (κ3) is 3.50. The number of aromatic nitrogens is 3. The Labute approximate surface area is 182 Å². The fourth-order valence-corrected chi connectivity index (χ4v) is 4.28. The van der Waals surface area contributed by atoms with E-state index >= 15 is 0 Å². The van der Waals surface area contributed by atoms with Gasteiger partial charge in [0.05, 0.1) is 17.4 Å². The van der Waals surface area contributed by atoms with E-state index in [2.05, 4.69) is 26.0 Å². The molecular formula is C23H14BrF4N3. The van der Waals surface area contributed by atoms with Gasteiger partial charge in [0.25, 0.3) is 0 Å². The lowest BCUT2D eigenvalue weighted by Gasteiger charge is -2.21. The highest BCUT2D eigenvalue weighted by Gasteiger charge is 2.43. The zero-order chi connectivity index (χ0) is 21.8. The molecule has 0 spiro atoms. The van der Waals surface area contributed by atoms with Crippen LogP contribution in [0, 0.1) is 5.82 Å². The zero-order valence-corrected chi connectivity index (χ0v) is 17.4. The van der Waals surface area contributed by atoms with E-state index in [4.69, 9.17) is 0 Å². The normalized spacial score (nSPS) is 13.2. The van der Waals surface area contributed by atoms with E-state index < -0.39 is 12.1 Å². The molecule has 5 rings (SSSR count). The highest BCUT2D eigenvalue weighted by atomic mass is 79.9. The number of aromatic amines is 1. The van der Waals surface area contributed by atoms with Gasteiger partial charge in [-0.05, 0) is 59.7 Å². The van der Waals surface area contributed by atoms with Gasteiger partial charge in [-0.25, -0.2) is 9.07 Å². The number of alkyl halides is 3. The summed E-state index contributed by atoms with van der Waals surface area (Å²) in [5.74, 6) is -2.16. The Morgan fingerprint density at radius 2 is 1.74 bits per heavy atom. The molecule has 1 N–H and O–H groups in total. The first kappa shape index (κ1) is 19.8. The Morgan fingerprint density at radius 1 is 0.968 bits per heavy atom. The van der Waals surface area contributed by atoms with Gasteiger partial charge in [-0.15, -0.1) is 0 Å². The molecule has 2 aromatic heterocycles. The summed E-state index contributed by atoms with van der Waals surface area (Å²) in [5.41, 5.74) is 2.18. The van der Waals surface area contributed by atoms with Crippen LogP contribution in [0.15, 0.2) is 77.5 Å². The van der Waals surface area contributed by atoms with Crippen LogP contribution in [0.4, 0.5) is 17.6 Å². The van der Waals surface area contributed by atoms with Crippen molar-refractivity contribution in [2.45, 2.75) is 12.1 Å². The zero-order valence-electron chi connectivity index (χ0n) is 15.8. The molecule has 0 saturated carbocycles. The van der Waals surface area contributed by atoms with E-state index in [-0.39, 0.29) is 16.9 Å². The predicted octanol–water partition coefficient (Wildman–Crippen LogP) is 7.10. The number of nitrogens with one attached hydrogen (secondary N) is 1. The average Bonchev–Trinajstić information content (AvgIpc) is 3.32. The number of benzene rings is 3. The topological polar surface area (TPSA) is 33.6 Å². The summed E-state index contributed by atoms with van der Waals surface area (Å²) < 4.78 is 58.2. The fraction of sp³-hybridized carbons (Fsp3) is 0.0870. The van der Waals surface area contributed by atoms with Gasteiger partial charge in [-0.1, -0.05) is 28.1 Å². The molecular weight excluding hydrogens is 474 g/mol. The number of hydrogen-bond acceptors (Lipinski definition) is 1. The molecule has 3 aromatic carbocycles. The fourth-order valence-electron chi connectivity index (χ4n) is 3.92. The monoisotopic (exact) mass is 487 g/mol. The largest absolute Gasteiger partial charge is 0.399 e. The van der Waals surface area contributed by atoms with E-state index in [1.54, 1.807) is 41.1 Å². The van der Waals surface area contributed by atoms with Crippen LogP contribution in [0.3, 0.4) is 0 Å². The Kier molecular flexibility index (Phi) is 4.62. The maximum absolute atomic E-state index is 14.2. The highest BCUT2D eigenvalue weighted by molar-refractivity contribution is 9.10. The Hall–Kier alpha value is -3.13. The first-order valence-electron chi connectivity index (χ1n) is 9.38. The molecule has 156 valence electrons. The molecule has 8 heteroatoms. The number of nitrogens with zero attached hydrogens (tertiary/aromatic N) is 2. The molecule has 0 fully saturated rings. The summed E-state index contributed by atoms with van der Waals surface area (Å²) in [5, 5.41) is 5.37. The van der Waals surface area contributed by atoms with E-state index in [0.717, 1.165) is 4.47 Å². The second-order valence-corrected chi connectivity index (χ2v) is 8.18. The Balaban J connectivity index is 1.63. The number of hydrogen-bond donors (Lipinski definition) is 1. The summed E-state index contributed by atoms with van der Waals surface area (Å²) in [4.78, 5) is 2.94. The summed E-state index contributed by atoms with van der Waals surface area (Å²) in [6.45, 7) is 0. The van der Waals surface area contributed by atoms with E-state index in [9.17, 15) is 17.6 Å². The highest BCUT2D eigenvalue weighted by Crippen LogP contribution is 2.43. The van der Waals surface area contributed by atoms with Crippen molar-refractivity contribution < 1.29 is 17.6 Å². The third-order valence-electron chi connectivity index (χ3n) is 5.31. The van der Waals surface area contributed by atoms with Gasteiger partial charge in [-0.2, -0.15) is 18.3 Å². The van der Waals surface area contributed by atoms with Gasteiger partial charge < -0.3 is 4.98 Å². The van der Waals surface area contributed by atoms with Crippen molar-refractivity contribution in [1.82, 2.24) is 14.8 Å². The van der Waals surface area contributed by atoms with Crippen molar-refractivity contribution in [2.24, 2.45) is 0 Å². The average molecular weight is 488 g/mol. The maximum atomic E-state index is 14.2. The smallest absolute Gasteiger partial charge is 0.361 e. The van der Waals surface area contributed by atoms with Crippen molar-refractivity contribution in [1.29, 1.82) is 0 Å². The van der Waals surface area contributed by atoms with Crippen LogP contribution < -0.4 is 0 Å². The number of fused-ring (bicyclic) bond motifs is 2. The van der Waals surface area contributed by atoms with Crippen LogP contribution in [-0.2, 0) is 0 Å². The minimum atomic E-state index is -4.48. The van der Waals surface area contributed by atoms with Gasteiger partial charge >= 0.3 is 6.18 Å². The lowest BCUT2D eigenvalue weighted by molar-refractivity contribution is -0.140. The van der Waals surface area contributed by atoms with Crippen LogP contribution in [0.2, 0.25) is 0 Å². The second kappa shape index (κ2) is 7.23. The van der Waals surface area contributed by atoms with Crippen molar-refractivity contribution in [3.8, 4) is 5.69 Å². The van der Waals surface area contributed by atoms with Gasteiger partial charge in [0, 0.05) is 27.0 Å². The molecule has 0 saturated heterocycles. The molecule has 0 amide bonds. The molecule has 2 heterocycles. The van der Waals surface area contributed by atoms with Crippen molar-refractivity contribution in [3.63, 3.8) is 0 Å². The van der Waals surface area contributed by atoms with E-state index in [0.29, 0.717) is 27.5 Å². The first-order valence-corrected chi connectivity index (χ1v) is 10.2. The number of halogens is 5. The molecule has 1 unspecified atom stereocenters. The predicted molar refractivity (Wildman–Crippen MR) is 115 cm³/mol. The van der Waals surface area contributed by atoms with Crippen LogP contribution in [0.25, 0.3) is 27.5 Å². The molecule has 3 nitrogen and oxygen atoms in total. The van der Waals surface area contributed by atoms with Gasteiger partial charge in [0.2, 0.25) is 0 Å². The molecule has 31 heavy (non-hydrogen) atoms. The number of H-pyrrole nitrogens is 1. The Morgan fingerprint density at radius 3 is 2.48 bits per heavy atom. The first-order chi connectivity index (χ1) is 14.8. The van der Waals surface area contributed by atoms with Crippen LogP contribution in [-0.4, -0.2) is 20.9 Å². The molecule has 0 aliphatic heterocycles. The lowest BCUT2D eigenvalue weighted by Crippen LogP contribution is -2.21. The minimum absolute atomic E-state index is 0.127.